The van der Waals surface area contributed by atoms with Crippen molar-refractivity contribution in [3.05, 3.63) is 12.4 Å². The van der Waals surface area contributed by atoms with Crippen molar-refractivity contribution in [3.8, 4) is 0 Å². The minimum Gasteiger partial charge on any atom is -0.468 e. The van der Waals surface area contributed by atoms with Gasteiger partial charge in [0.15, 0.2) is 0 Å². The van der Waals surface area contributed by atoms with Gasteiger partial charge in [0.05, 0.1) is 7.11 Å². The van der Waals surface area contributed by atoms with E-state index in [9.17, 15) is 4.79 Å². The molecular weight excluding hydrogens is 146 g/mol. The van der Waals surface area contributed by atoms with Crippen molar-refractivity contribution >= 4 is 11.9 Å². The average molecular weight is 155 g/mol. The molecule has 0 aliphatic carbocycles. The van der Waals surface area contributed by atoms with Crippen LogP contribution in [0.4, 0.5) is 5.95 Å². The number of aromatic nitrogens is 2. The van der Waals surface area contributed by atoms with Crippen LogP contribution >= 0.6 is 0 Å². The van der Waals surface area contributed by atoms with E-state index in [1.54, 1.807) is 6.20 Å². The number of rotatable bonds is 2. The van der Waals surface area contributed by atoms with Crippen molar-refractivity contribution in [3.63, 3.8) is 0 Å². The third-order valence-corrected chi connectivity index (χ3v) is 1.27. The molecule has 0 unspecified atom stereocenters. The molecule has 0 spiro atoms. The van der Waals surface area contributed by atoms with Crippen LogP contribution in [0.1, 0.15) is 0 Å². The van der Waals surface area contributed by atoms with Gasteiger partial charge in [0.1, 0.15) is 6.54 Å². The number of imidazole rings is 1. The molecule has 0 amide bonds. The summed E-state index contributed by atoms with van der Waals surface area (Å²) in [5.74, 6) is -0.0231. The predicted octanol–water partition coefficient (Wildman–Crippen LogP) is -0.362. The lowest BCUT2D eigenvalue weighted by Crippen LogP contribution is -2.12. The Morgan fingerprint density at radius 2 is 2.64 bits per heavy atom. The van der Waals surface area contributed by atoms with Crippen LogP contribution in [0.25, 0.3) is 0 Å². The van der Waals surface area contributed by atoms with Crippen molar-refractivity contribution in [1.29, 1.82) is 0 Å². The highest BCUT2D eigenvalue weighted by molar-refractivity contribution is 5.69. The summed E-state index contributed by atoms with van der Waals surface area (Å²) in [6, 6.07) is 0. The monoisotopic (exact) mass is 155 g/mol. The lowest BCUT2D eigenvalue weighted by atomic mass is 10.6. The van der Waals surface area contributed by atoms with Crippen LogP contribution in [0.5, 0.6) is 0 Å². The van der Waals surface area contributed by atoms with Gasteiger partial charge in [-0.15, -0.1) is 0 Å². The quantitative estimate of drug-likeness (QED) is 0.592. The van der Waals surface area contributed by atoms with E-state index in [0.29, 0.717) is 5.95 Å². The molecule has 0 aromatic carbocycles. The van der Waals surface area contributed by atoms with Gasteiger partial charge < -0.3 is 15.0 Å². The van der Waals surface area contributed by atoms with Gasteiger partial charge in [-0.3, -0.25) is 4.79 Å². The maximum atomic E-state index is 10.7. The highest BCUT2D eigenvalue weighted by Gasteiger charge is 2.03. The van der Waals surface area contributed by atoms with E-state index in [0.717, 1.165) is 0 Å². The summed E-state index contributed by atoms with van der Waals surface area (Å²) >= 11 is 0. The van der Waals surface area contributed by atoms with Gasteiger partial charge in [-0.05, 0) is 0 Å². The van der Waals surface area contributed by atoms with Gasteiger partial charge in [0.25, 0.3) is 0 Å². The summed E-state index contributed by atoms with van der Waals surface area (Å²) in [5, 5.41) is 0. The summed E-state index contributed by atoms with van der Waals surface area (Å²) in [5.41, 5.74) is 5.39. The van der Waals surface area contributed by atoms with Crippen molar-refractivity contribution in [2.75, 3.05) is 12.8 Å². The fourth-order valence-electron chi connectivity index (χ4n) is 0.678. The minimum absolute atomic E-state index is 0.113. The van der Waals surface area contributed by atoms with Crippen LogP contribution in [0.3, 0.4) is 0 Å². The van der Waals surface area contributed by atoms with E-state index >= 15 is 0 Å². The van der Waals surface area contributed by atoms with Gasteiger partial charge in [-0.25, -0.2) is 4.98 Å². The Hall–Kier alpha value is -1.52. The molecule has 5 nitrogen and oxygen atoms in total. The maximum absolute atomic E-state index is 10.7. The summed E-state index contributed by atoms with van der Waals surface area (Å²) in [7, 11) is 1.33. The van der Waals surface area contributed by atoms with E-state index < -0.39 is 0 Å². The Morgan fingerprint density at radius 1 is 1.91 bits per heavy atom. The van der Waals surface area contributed by atoms with Crippen LogP contribution in [-0.4, -0.2) is 22.6 Å². The van der Waals surface area contributed by atoms with Crippen molar-refractivity contribution in [1.82, 2.24) is 9.55 Å². The molecule has 1 aromatic heterocycles. The molecule has 0 bridgehead atoms. The van der Waals surface area contributed by atoms with Gasteiger partial charge in [0, 0.05) is 12.4 Å². The number of hydrogen-bond acceptors (Lipinski definition) is 4. The molecule has 0 aliphatic heterocycles. The molecule has 5 heteroatoms. The number of anilines is 1. The number of carbonyl (C=O) groups excluding carboxylic acids is 1. The molecule has 0 radical (unpaired) electrons. The fraction of sp³-hybridized carbons (Fsp3) is 0.333. The third kappa shape index (κ3) is 1.70. The third-order valence-electron chi connectivity index (χ3n) is 1.27. The highest BCUT2D eigenvalue weighted by Crippen LogP contribution is 1.97. The lowest BCUT2D eigenvalue weighted by Gasteiger charge is -2.00. The van der Waals surface area contributed by atoms with Gasteiger partial charge >= 0.3 is 5.97 Å². The van der Waals surface area contributed by atoms with Crippen LogP contribution in [0, 0.1) is 0 Å². The average Bonchev–Trinajstić information content (AvgIpc) is 2.37. The molecule has 0 saturated carbocycles. The Labute approximate surface area is 63.8 Å². The van der Waals surface area contributed by atoms with Crippen LogP contribution in [0.2, 0.25) is 0 Å². The topological polar surface area (TPSA) is 70.1 Å². The normalized spacial score (nSPS) is 9.55. The zero-order chi connectivity index (χ0) is 8.27. The number of carbonyl (C=O) groups is 1. The minimum atomic E-state index is -0.338. The molecular formula is C6H9N3O2. The second-order valence-electron chi connectivity index (χ2n) is 1.99. The number of ether oxygens (including phenoxy) is 1. The van der Waals surface area contributed by atoms with Crippen molar-refractivity contribution < 1.29 is 9.53 Å². The second kappa shape index (κ2) is 3.05. The van der Waals surface area contributed by atoms with E-state index in [4.69, 9.17) is 5.73 Å². The number of nitrogens with zero attached hydrogens (tertiary/aromatic N) is 2. The van der Waals surface area contributed by atoms with Crippen LogP contribution in [0.15, 0.2) is 12.4 Å². The number of nitrogen functional groups attached to an aromatic ring is 1. The number of methoxy groups -OCH3 is 1. The molecule has 0 aliphatic rings. The zero-order valence-corrected chi connectivity index (χ0v) is 6.15. The van der Waals surface area contributed by atoms with Gasteiger partial charge in [-0.2, -0.15) is 0 Å². The summed E-state index contributed by atoms with van der Waals surface area (Å²) in [4.78, 5) is 14.4. The first-order chi connectivity index (χ1) is 5.24. The summed E-state index contributed by atoms with van der Waals surface area (Å²) in [6.07, 6.45) is 3.14. The standard InChI is InChI=1S/C6H9N3O2/c1-11-5(10)4-9-3-2-8-6(9)7/h2-3H,4H2,1H3,(H2,7,8). The second-order valence-corrected chi connectivity index (χ2v) is 1.99. The maximum Gasteiger partial charge on any atom is 0.325 e. The van der Waals surface area contributed by atoms with Gasteiger partial charge in [0.2, 0.25) is 5.95 Å². The SMILES string of the molecule is COC(=O)Cn1ccnc1N. The molecule has 0 saturated heterocycles. The fourth-order valence-corrected chi connectivity index (χ4v) is 0.678. The lowest BCUT2D eigenvalue weighted by molar-refractivity contribution is -0.141. The Kier molecular flexibility index (Phi) is 2.10. The van der Waals surface area contributed by atoms with E-state index in [1.807, 2.05) is 0 Å². The zero-order valence-electron chi connectivity index (χ0n) is 6.15. The molecule has 60 valence electrons. The molecule has 2 N–H and O–H groups in total. The number of hydrogen-bond donors (Lipinski definition) is 1. The van der Waals surface area contributed by atoms with Crippen molar-refractivity contribution in [2.45, 2.75) is 6.54 Å². The predicted molar refractivity (Wildman–Crippen MR) is 38.7 cm³/mol. The highest BCUT2D eigenvalue weighted by atomic mass is 16.5. The molecule has 1 aromatic rings. The largest absolute Gasteiger partial charge is 0.468 e. The first-order valence-corrected chi connectivity index (χ1v) is 3.07. The van der Waals surface area contributed by atoms with Crippen LogP contribution in [-0.2, 0) is 16.1 Å². The molecule has 1 heterocycles. The number of nitrogens with two attached hydrogens (primary N) is 1. The van der Waals surface area contributed by atoms with Crippen molar-refractivity contribution in [2.24, 2.45) is 0 Å². The molecule has 11 heavy (non-hydrogen) atoms. The molecule has 0 fully saturated rings. The van der Waals surface area contributed by atoms with Gasteiger partial charge in [-0.1, -0.05) is 0 Å². The Morgan fingerprint density at radius 3 is 3.09 bits per heavy atom. The van der Waals surface area contributed by atoms with E-state index in [1.165, 1.54) is 17.9 Å². The molecule has 1 rings (SSSR count). The summed E-state index contributed by atoms with van der Waals surface area (Å²) < 4.78 is 5.94. The molecule has 0 atom stereocenters. The van der Waals surface area contributed by atoms with Crippen LogP contribution < -0.4 is 5.73 Å². The Bertz CT molecular complexity index is 256. The number of esters is 1. The van der Waals surface area contributed by atoms with E-state index in [2.05, 4.69) is 9.72 Å². The first kappa shape index (κ1) is 7.59. The van der Waals surface area contributed by atoms with E-state index in [-0.39, 0.29) is 12.5 Å². The smallest absolute Gasteiger partial charge is 0.325 e. The summed E-state index contributed by atoms with van der Waals surface area (Å²) in [6.45, 7) is 0.113. The first-order valence-electron chi connectivity index (χ1n) is 3.07. The Balaban J connectivity index is 2.64.